The van der Waals surface area contributed by atoms with Crippen LogP contribution in [0.1, 0.15) is 24.2 Å². The average Bonchev–Trinajstić information content (AvgIpc) is 2.67. The molecular formula is C11H17N3O. The highest BCUT2D eigenvalue weighted by atomic mass is 16.2. The monoisotopic (exact) mass is 207 g/mol. The van der Waals surface area contributed by atoms with Gasteiger partial charge in [0.1, 0.15) is 0 Å². The Morgan fingerprint density at radius 2 is 2.33 bits per heavy atom. The van der Waals surface area contributed by atoms with Crippen LogP contribution in [0.2, 0.25) is 0 Å². The van der Waals surface area contributed by atoms with Crippen LogP contribution in [0.5, 0.6) is 0 Å². The van der Waals surface area contributed by atoms with Gasteiger partial charge in [0.15, 0.2) is 0 Å². The van der Waals surface area contributed by atoms with E-state index in [4.69, 9.17) is 0 Å². The Morgan fingerprint density at radius 3 is 2.93 bits per heavy atom. The molecule has 1 amide bonds. The van der Waals surface area contributed by atoms with Crippen molar-refractivity contribution in [2.24, 2.45) is 0 Å². The van der Waals surface area contributed by atoms with E-state index in [0.717, 1.165) is 25.2 Å². The topological polar surface area (TPSA) is 48.1 Å². The van der Waals surface area contributed by atoms with Crippen LogP contribution in [0, 0.1) is 0 Å². The molecule has 82 valence electrons. The lowest BCUT2D eigenvalue weighted by Gasteiger charge is -2.39. The third-order valence-corrected chi connectivity index (χ3v) is 2.70. The molecular weight excluding hydrogens is 190 g/mol. The zero-order chi connectivity index (χ0) is 10.9. The Bertz CT molecular complexity index is 343. The molecule has 0 bridgehead atoms. The highest BCUT2D eigenvalue weighted by Crippen LogP contribution is 2.13. The quantitative estimate of drug-likeness (QED) is 0.717. The van der Waals surface area contributed by atoms with Crippen LogP contribution < -0.4 is 5.32 Å². The van der Waals surface area contributed by atoms with Crippen LogP contribution >= 0.6 is 0 Å². The van der Waals surface area contributed by atoms with E-state index in [-0.39, 0.29) is 11.4 Å². The van der Waals surface area contributed by atoms with Crippen molar-refractivity contribution in [3.63, 3.8) is 0 Å². The third-order valence-electron chi connectivity index (χ3n) is 2.70. The molecule has 2 heterocycles. The molecule has 2 N–H and O–H groups in total. The molecule has 0 aromatic carbocycles. The summed E-state index contributed by atoms with van der Waals surface area (Å²) in [6.45, 7) is 6.64. The number of aromatic amines is 1. The normalized spacial score (nSPS) is 20.3. The number of nitrogens with one attached hydrogen (secondary N) is 2. The summed E-state index contributed by atoms with van der Waals surface area (Å²) in [4.78, 5) is 16.8. The van der Waals surface area contributed by atoms with Gasteiger partial charge in [0.2, 0.25) is 0 Å². The molecule has 0 atom stereocenters. The van der Waals surface area contributed by atoms with E-state index >= 15 is 0 Å². The van der Waals surface area contributed by atoms with Crippen molar-refractivity contribution in [1.82, 2.24) is 15.2 Å². The third kappa shape index (κ3) is 2.21. The Morgan fingerprint density at radius 1 is 1.53 bits per heavy atom. The van der Waals surface area contributed by atoms with Gasteiger partial charge in [0, 0.05) is 37.6 Å². The predicted octanol–water partition coefficient (Wildman–Crippen LogP) is 0.839. The SMILES string of the molecule is CC1(C)CN(C(=O)c2cc[nH]c2)CCN1. The number of nitrogens with zero attached hydrogens (tertiary/aromatic N) is 1. The van der Waals surface area contributed by atoms with E-state index in [1.807, 2.05) is 11.0 Å². The molecule has 1 aliphatic rings. The van der Waals surface area contributed by atoms with Gasteiger partial charge < -0.3 is 15.2 Å². The summed E-state index contributed by atoms with van der Waals surface area (Å²) in [6.07, 6.45) is 3.53. The fourth-order valence-corrected chi connectivity index (χ4v) is 1.95. The number of amides is 1. The number of piperazine rings is 1. The minimum Gasteiger partial charge on any atom is -0.367 e. The summed E-state index contributed by atoms with van der Waals surface area (Å²) in [6, 6.07) is 1.82. The van der Waals surface area contributed by atoms with E-state index in [2.05, 4.69) is 24.1 Å². The maximum absolute atomic E-state index is 12.0. The van der Waals surface area contributed by atoms with Gasteiger partial charge in [-0.1, -0.05) is 0 Å². The molecule has 1 aromatic heterocycles. The Hall–Kier alpha value is -1.29. The summed E-state index contributed by atoms with van der Waals surface area (Å²) in [5, 5.41) is 3.39. The molecule has 0 radical (unpaired) electrons. The van der Waals surface area contributed by atoms with Crippen LogP contribution in [-0.4, -0.2) is 41.0 Å². The average molecular weight is 207 g/mol. The molecule has 2 rings (SSSR count). The molecule has 0 spiro atoms. The molecule has 0 saturated carbocycles. The second-order valence-electron chi connectivity index (χ2n) is 4.64. The maximum atomic E-state index is 12.0. The van der Waals surface area contributed by atoms with Crippen molar-refractivity contribution in [1.29, 1.82) is 0 Å². The lowest BCUT2D eigenvalue weighted by Crippen LogP contribution is -2.58. The van der Waals surface area contributed by atoms with Crippen molar-refractivity contribution in [3.05, 3.63) is 24.0 Å². The zero-order valence-electron chi connectivity index (χ0n) is 9.21. The fraction of sp³-hybridized carbons (Fsp3) is 0.545. The molecule has 1 saturated heterocycles. The fourth-order valence-electron chi connectivity index (χ4n) is 1.95. The first-order chi connectivity index (χ1) is 7.08. The van der Waals surface area contributed by atoms with Gasteiger partial charge in [-0.3, -0.25) is 4.79 Å². The molecule has 1 aliphatic heterocycles. The molecule has 0 aliphatic carbocycles. The highest BCUT2D eigenvalue weighted by molar-refractivity contribution is 5.94. The van der Waals surface area contributed by atoms with Crippen molar-refractivity contribution < 1.29 is 4.79 Å². The van der Waals surface area contributed by atoms with Crippen LogP contribution in [-0.2, 0) is 0 Å². The highest BCUT2D eigenvalue weighted by Gasteiger charge is 2.28. The van der Waals surface area contributed by atoms with Crippen LogP contribution in [0.4, 0.5) is 0 Å². The molecule has 1 fully saturated rings. The van der Waals surface area contributed by atoms with Gasteiger partial charge in [0.05, 0.1) is 5.56 Å². The number of H-pyrrole nitrogens is 1. The Kier molecular flexibility index (Phi) is 2.52. The van der Waals surface area contributed by atoms with Gasteiger partial charge in [-0.15, -0.1) is 0 Å². The van der Waals surface area contributed by atoms with E-state index in [1.54, 1.807) is 12.4 Å². The van der Waals surface area contributed by atoms with Gasteiger partial charge in [-0.2, -0.15) is 0 Å². The molecule has 4 heteroatoms. The standard InChI is InChI=1S/C11H17N3O/c1-11(2)8-14(6-5-13-11)10(15)9-3-4-12-7-9/h3-4,7,12-13H,5-6,8H2,1-2H3. The van der Waals surface area contributed by atoms with Crippen molar-refractivity contribution >= 4 is 5.91 Å². The Labute approximate surface area is 89.7 Å². The first-order valence-electron chi connectivity index (χ1n) is 5.26. The number of hydrogen-bond acceptors (Lipinski definition) is 2. The number of hydrogen-bond donors (Lipinski definition) is 2. The summed E-state index contributed by atoms with van der Waals surface area (Å²) in [7, 11) is 0. The van der Waals surface area contributed by atoms with Crippen molar-refractivity contribution in [2.75, 3.05) is 19.6 Å². The van der Waals surface area contributed by atoms with E-state index in [1.165, 1.54) is 0 Å². The zero-order valence-corrected chi connectivity index (χ0v) is 9.21. The second kappa shape index (κ2) is 3.70. The van der Waals surface area contributed by atoms with Crippen LogP contribution in [0.15, 0.2) is 18.5 Å². The predicted molar refractivity (Wildman–Crippen MR) is 58.8 cm³/mol. The number of carbonyl (C=O) groups is 1. The number of rotatable bonds is 1. The lowest BCUT2D eigenvalue weighted by molar-refractivity contribution is 0.0652. The lowest BCUT2D eigenvalue weighted by atomic mass is 10.0. The summed E-state index contributed by atoms with van der Waals surface area (Å²) in [5.74, 6) is 0.117. The number of aromatic nitrogens is 1. The minimum atomic E-state index is 0.0181. The Balaban J connectivity index is 2.08. The van der Waals surface area contributed by atoms with Crippen molar-refractivity contribution in [2.45, 2.75) is 19.4 Å². The van der Waals surface area contributed by atoms with Crippen LogP contribution in [0.25, 0.3) is 0 Å². The summed E-state index contributed by atoms with van der Waals surface area (Å²) >= 11 is 0. The smallest absolute Gasteiger partial charge is 0.255 e. The van der Waals surface area contributed by atoms with E-state index < -0.39 is 0 Å². The van der Waals surface area contributed by atoms with Crippen molar-refractivity contribution in [3.8, 4) is 0 Å². The maximum Gasteiger partial charge on any atom is 0.255 e. The molecule has 0 unspecified atom stereocenters. The van der Waals surface area contributed by atoms with Crippen LogP contribution in [0.3, 0.4) is 0 Å². The molecule has 1 aromatic rings. The summed E-state index contributed by atoms with van der Waals surface area (Å²) < 4.78 is 0. The second-order valence-corrected chi connectivity index (χ2v) is 4.64. The minimum absolute atomic E-state index is 0.0181. The molecule has 4 nitrogen and oxygen atoms in total. The van der Waals surface area contributed by atoms with E-state index in [9.17, 15) is 4.79 Å². The van der Waals surface area contributed by atoms with Gasteiger partial charge in [-0.25, -0.2) is 0 Å². The number of carbonyl (C=O) groups excluding carboxylic acids is 1. The molecule has 15 heavy (non-hydrogen) atoms. The van der Waals surface area contributed by atoms with E-state index in [0.29, 0.717) is 0 Å². The van der Waals surface area contributed by atoms with Gasteiger partial charge in [0.25, 0.3) is 5.91 Å². The summed E-state index contributed by atoms with van der Waals surface area (Å²) in [5.41, 5.74) is 0.761. The first-order valence-corrected chi connectivity index (χ1v) is 5.26. The largest absolute Gasteiger partial charge is 0.367 e. The van der Waals surface area contributed by atoms with Gasteiger partial charge >= 0.3 is 0 Å². The van der Waals surface area contributed by atoms with Gasteiger partial charge in [-0.05, 0) is 19.9 Å². The first kappa shape index (κ1) is 10.2.